The molecule has 2 aromatic rings. The lowest BCUT2D eigenvalue weighted by Gasteiger charge is -2.36. The molecule has 2 aromatic carbocycles. The Balaban J connectivity index is 1.52. The first-order chi connectivity index (χ1) is 14.3. The number of nitrogens with one attached hydrogen (secondary N) is 1. The molecule has 0 aliphatic carbocycles. The van der Waals surface area contributed by atoms with Gasteiger partial charge in [0.1, 0.15) is 0 Å². The summed E-state index contributed by atoms with van der Waals surface area (Å²) in [4.78, 5) is 4.27. The Bertz CT molecular complexity index is 947. The number of hydrazone groups is 1. The Morgan fingerprint density at radius 2 is 1.93 bits per heavy atom. The van der Waals surface area contributed by atoms with Crippen molar-refractivity contribution in [2.45, 2.75) is 31.2 Å². The highest BCUT2D eigenvalue weighted by Crippen LogP contribution is 2.42. The molecule has 0 saturated carbocycles. The highest BCUT2D eigenvalue weighted by molar-refractivity contribution is 7.80. The number of piperazine rings is 1. The van der Waals surface area contributed by atoms with E-state index in [9.17, 15) is 13.2 Å². The van der Waals surface area contributed by atoms with E-state index < -0.39 is 11.7 Å². The standard InChI is InChI=1S/C21H22F3N5S/c22-21(23,24)18-8-15(10-26-27-20(25)30)6-7-19(18)29-13-16-9-17(29)12-28(16)11-14-4-2-1-3-5-14/h1-8,10,16-17H,9,11-13H2,(H3,25,27,30)/b26-10+/t16-,17?/m0/s1. The van der Waals surface area contributed by atoms with Gasteiger partial charge >= 0.3 is 6.18 Å². The smallest absolute Gasteiger partial charge is 0.375 e. The molecule has 5 nitrogen and oxygen atoms in total. The number of likely N-dealkylation sites (tertiary alicyclic amines) is 1. The molecule has 2 atom stereocenters. The van der Waals surface area contributed by atoms with Crippen molar-refractivity contribution < 1.29 is 13.2 Å². The van der Waals surface area contributed by atoms with Crippen molar-refractivity contribution in [2.24, 2.45) is 10.8 Å². The monoisotopic (exact) mass is 433 g/mol. The van der Waals surface area contributed by atoms with Gasteiger partial charge in [-0.3, -0.25) is 10.3 Å². The molecule has 1 unspecified atom stereocenters. The van der Waals surface area contributed by atoms with E-state index in [-0.39, 0.29) is 22.9 Å². The van der Waals surface area contributed by atoms with E-state index in [1.54, 1.807) is 6.07 Å². The zero-order valence-electron chi connectivity index (χ0n) is 16.1. The highest BCUT2D eigenvalue weighted by atomic mass is 32.1. The Morgan fingerprint density at radius 3 is 2.57 bits per heavy atom. The number of alkyl halides is 3. The van der Waals surface area contributed by atoms with E-state index in [2.05, 4.69) is 39.8 Å². The number of hydrogen-bond acceptors (Lipinski definition) is 4. The Kier molecular flexibility index (Phi) is 5.66. The van der Waals surface area contributed by atoms with Gasteiger partial charge in [0, 0.05) is 37.4 Å². The normalized spacial score (nSPS) is 21.5. The predicted molar refractivity (Wildman–Crippen MR) is 115 cm³/mol. The van der Waals surface area contributed by atoms with Crippen molar-refractivity contribution in [1.29, 1.82) is 0 Å². The van der Waals surface area contributed by atoms with Gasteiger partial charge in [0.05, 0.1) is 11.8 Å². The number of anilines is 1. The van der Waals surface area contributed by atoms with Crippen molar-refractivity contribution >= 4 is 29.2 Å². The fourth-order valence-corrected chi connectivity index (χ4v) is 4.39. The van der Waals surface area contributed by atoms with Crippen LogP contribution in [0.4, 0.5) is 18.9 Å². The van der Waals surface area contributed by atoms with Crippen molar-refractivity contribution in [1.82, 2.24) is 10.3 Å². The minimum atomic E-state index is -4.46. The average Bonchev–Trinajstić information content (AvgIpc) is 3.28. The van der Waals surface area contributed by atoms with Gasteiger partial charge in [-0.15, -0.1) is 0 Å². The van der Waals surface area contributed by atoms with Crippen LogP contribution in [-0.4, -0.2) is 41.4 Å². The second-order valence-electron chi connectivity index (χ2n) is 7.62. The third-order valence-electron chi connectivity index (χ3n) is 5.61. The quantitative estimate of drug-likeness (QED) is 0.430. The number of rotatable bonds is 5. The van der Waals surface area contributed by atoms with E-state index >= 15 is 0 Å². The van der Waals surface area contributed by atoms with Crippen LogP contribution in [0, 0.1) is 0 Å². The molecule has 9 heteroatoms. The van der Waals surface area contributed by atoms with Crippen LogP contribution in [-0.2, 0) is 12.7 Å². The Morgan fingerprint density at radius 1 is 1.17 bits per heavy atom. The minimum Gasteiger partial charge on any atom is -0.375 e. The molecule has 4 rings (SSSR count). The van der Waals surface area contributed by atoms with Crippen LogP contribution in [0.1, 0.15) is 23.1 Å². The number of benzene rings is 2. The van der Waals surface area contributed by atoms with Crippen LogP contribution in [0.5, 0.6) is 0 Å². The molecule has 2 bridgehead atoms. The van der Waals surface area contributed by atoms with Crippen molar-refractivity contribution in [3.63, 3.8) is 0 Å². The van der Waals surface area contributed by atoms with Crippen LogP contribution < -0.4 is 16.1 Å². The third kappa shape index (κ3) is 4.41. The molecule has 158 valence electrons. The van der Waals surface area contributed by atoms with Crippen molar-refractivity contribution in [2.75, 3.05) is 18.0 Å². The Labute approximate surface area is 178 Å². The van der Waals surface area contributed by atoms with Gasteiger partial charge in [-0.25, -0.2) is 0 Å². The molecule has 2 aliphatic rings. The van der Waals surface area contributed by atoms with Crippen molar-refractivity contribution in [3.8, 4) is 0 Å². The zero-order chi connectivity index (χ0) is 21.3. The summed E-state index contributed by atoms with van der Waals surface area (Å²) in [5.41, 5.74) is 8.75. The SMILES string of the molecule is NC(=S)N/N=C/c1ccc(N2C[C@@H]3CC2CN3Cc2ccccc2)c(C(F)(F)F)c1. The summed E-state index contributed by atoms with van der Waals surface area (Å²) in [6.07, 6.45) is -2.30. The fraction of sp³-hybridized carbons (Fsp3) is 0.333. The van der Waals surface area contributed by atoms with Gasteiger partial charge in [0.2, 0.25) is 0 Å². The summed E-state index contributed by atoms with van der Waals surface area (Å²) in [5.74, 6) is 0. The first-order valence-corrected chi connectivity index (χ1v) is 10.1. The molecular weight excluding hydrogens is 411 g/mol. The van der Waals surface area contributed by atoms with Gasteiger partial charge in [0.15, 0.2) is 5.11 Å². The molecule has 2 saturated heterocycles. The van der Waals surface area contributed by atoms with Gasteiger partial charge in [-0.2, -0.15) is 18.3 Å². The van der Waals surface area contributed by atoms with E-state index in [0.29, 0.717) is 12.1 Å². The van der Waals surface area contributed by atoms with Gasteiger partial charge in [0.25, 0.3) is 0 Å². The van der Waals surface area contributed by atoms with Crippen LogP contribution in [0.2, 0.25) is 0 Å². The van der Waals surface area contributed by atoms with Gasteiger partial charge < -0.3 is 10.6 Å². The van der Waals surface area contributed by atoms with Gasteiger partial charge in [-0.1, -0.05) is 36.4 Å². The van der Waals surface area contributed by atoms with Gasteiger partial charge in [-0.05, 0) is 41.9 Å². The molecule has 0 radical (unpaired) electrons. The largest absolute Gasteiger partial charge is 0.418 e. The molecule has 0 aromatic heterocycles. The number of fused-ring (bicyclic) bond motifs is 2. The lowest BCUT2D eigenvalue weighted by molar-refractivity contribution is -0.137. The molecule has 30 heavy (non-hydrogen) atoms. The molecule has 2 heterocycles. The topological polar surface area (TPSA) is 56.9 Å². The molecule has 3 N–H and O–H groups in total. The molecule has 0 spiro atoms. The van der Waals surface area contributed by atoms with Crippen LogP contribution in [0.15, 0.2) is 53.6 Å². The average molecular weight is 434 g/mol. The number of thiocarbonyl (C=S) groups is 1. The number of hydrogen-bond donors (Lipinski definition) is 2. The summed E-state index contributed by atoms with van der Waals surface area (Å²) in [5, 5.41) is 3.70. The summed E-state index contributed by atoms with van der Waals surface area (Å²) in [6.45, 7) is 2.18. The second-order valence-corrected chi connectivity index (χ2v) is 8.06. The minimum absolute atomic E-state index is 0.0490. The summed E-state index contributed by atoms with van der Waals surface area (Å²) in [7, 11) is 0. The summed E-state index contributed by atoms with van der Waals surface area (Å²) < 4.78 is 41.4. The number of nitrogens with zero attached hydrogens (tertiary/aromatic N) is 3. The molecular formula is C21H22F3N5S. The second kappa shape index (κ2) is 8.23. The van der Waals surface area contributed by atoms with E-state index in [1.807, 2.05) is 23.1 Å². The molecule has 0 amide bonds. The third-order valence-corrected chi connectivity index (χ3v) is 5.70. The first kappa shape index (κ1) is 20.6. The summed E-state index contributed by atoms with van der Waals surface area (Å²) in [6, 6.07) is 14.8. The van der Waals surface area contributed by atoms with Crippen LogP contribution >= 0.6 is 12.2 Å². The molecule has 2 aliphatic heterocycles. The molecule has 2 fully saturated rings. The van der Waals surface area contributed by atoms with Crippen LogP contribution in [0.25, 0.3) is 0 Å². The van der Waals surface area contributed by atoms with Crippen LogP contribution in [0.3, 0.4) is 0 Å². The maximum atomic E-state index is 13.8. The highest BCUT2D eigenvalue weighted by Gasteiger charge is 2.45. The predicted octanol–water partition coefficient (Wildman–Crippen LogP) is 3.34. The summed E-state index contributed by atoms with van der Waals surface area (Å²) >= 11 is 4.63. The van der Waals surface area contributed by atoms with E-state index in [0.717, 1.165) is 25.6 Å². The maximum absolute atomic E-state index is 13.8. The van der Waals surface area contributed by atoms with Crippen molar-refractivity contribution in [3.05, 3.63) is 65.2 Å². The lowest BCUT2D eigenvalue weighted by Crippen LogP contribution is -2.46. The van der Waals surface area contributed by atoms with E-state index in [1.165, 1.54) is 17.8 Å². The lowest BCUT2D eigenvalue weighted by atomic mass is 10.1. The Hall–Kier alpha value is -2.65. The fourth-order valence-electron chi connectivity index (χ4n) is 4.34. The number of nitrogens with two attached hydrogens (primary N) is 1. The van der Waals surface area contributed by atoms with E-state index in [4.69, 9.17) is 5.73 Å². The zero-order valence-corrected chi connectivity index (χ0v) is 17.0. The number of halogens is 3. The first-order valence-electron chi connectivity index (χ1n) is 9.65. The maximum Gasteiger partial charge on any atom is 0.418 e.